The fourth-order valence-corrected chi connectivity index (χ4v) is 2.61. The highest BCUT2D eigenvalue weighted by Crippen LogP contribution is 2.14. The molecule has 2 N–H and O–H groups in total. The Labute approximate surface area is 119 Å². The van der Waals surface area contributed by atoms with Gasteiger partial charge in [-0.3, -0.25) is 10.00 Å². The molecule has 0 aliphatic carbocycles. The van der Waals surface area contributed by atoms with Gasteiger partial charge >= 0.3 is 0 Å². The van der Waals surface area contributed by atoms with Crippen LogP contribution in [0.3, 0.4) is 0 Å². The van der Waals surface area contributed by atoms with Gasteiger partial charge < -0.3 is 10.1 Å². The van der Waals surface area contributed by atoms with E-state index in [4.69, 9.17) is 4.74 Å². The van der Waals surface area contributed by atoms with E-state index < -0.39 is 0 Å². The van der Waals surface area contributed by atoms with Gasteiger partial charge in [0.2, 0.25) is 0 Å². The molecule has 0 saturated carbocycles. The summed E-state index contributed by atoms with van der Waals surface area (Å²) in [5.41, 5.74) is 2.21. The van der Waals surface area contributed by atoms with Crippen LogP contribution in [0.25, 0.3) is 10.9 Å². The lowest BCUT2D eigenvalue weighted by atomic mass is 10.2. The lowest BCUT2D eigenvalue weighted by Gasteiger charge is -2.26. The van der Waals surface area contributed by atoms with E-state index in [2.05, 4.69) is 32.5 Å². The second-order valence-corrected chi connectivity index (χ2v) is 5.20. The van der Waals surface area contributed by atoms with Crippen LogP contribution in [-0.2, 0) is 11.3 Å². The van der Waals surface area contributed by atoms with Crippen molar-refractivity contribution in [2.24, 2.45) is 0 Å². The van der Waals surface area contributed by atoms with E-state index in [9.17, 15) is 0 Å². The highest BCUT2D eigenvalue weighted by atomic mass is 16.5. The highest BCUT2D eigenvalue weighted by Gasteiger charge is 2.09. The standard InChI is InChI=1S/C15H22N4O/c1-2-5-14-13(4-1)15(18-17-14)12-16-6-3-7-19-8-10-20-11-9-19/h1-2,4-5,16H,3,6-12H2,(H,17,18). The van der Waals surface area contributed by atoms with Crippen LogP contribution in [0.5, 0.6) is 0 Å². The molecule has 1 fully saturated rings. The maximum atomic E-state index is 5.35. The average Bonchev–Trinajstić information content (AvgIpc) is 2.91. The van der Waals surface area contributed by atoms with E-state index in [1.807, 2.05) is 12.1 Å². The normalized spacial score (nSPS) is 16.8. The second-order valence-electron chi connectivity index (χ2n) is 5.20. The van der Waals surface area contributed by atoms with Crippen LogP contribution < -0.4 is 5.32 Å². The van der Waals surface area contributed by atoms with Crippen molar-refractivity contribution in [1.29, 1.82) is 0 Å². The molecule has 2 aromatic rings. The Balaban J connectivity index is 1.39. The molecule has 0 atom stereocenters. The molecule has 2 heterocycles. The molecule has 3 rings (SSSR count). The van der Waals surface area contributed by atoms with Gasteiger partial charge in [-0.05, 0) is 25.6 Å². The van der Waals surface area contributed by atoms with Crippen LogP contribution in [0.15, 0.2) is 24.3 Å². The van der Waals surface area contributed by atoms with E-state index in [0.29, 0.717) is 0 Å². The molecule has 5 heteroatoms. The maximum Gasteiger partial charge on any atom is 0.0924 e. The molecule has 0 bridgehead atoms. The van der Waals surface area contributed by atoms with Crippen LogP contribution in [0.2, 0.25) is 0 Å². The number of nitrogens with one attached hydrogen (secondary N) is 2. The molecule has 0 spiro atoms. The zero-order chi connectivity index (χ0) is 13.6. The number of nitrogens with zero attached hydrogens (tertiary/aromatic N) is 2. The molecule has 0 radical (unpaired) electrons. The zero-order valence-corrected chi connectivity index (χ0v) is 11.8. The average molecular weight is 274 g/mol. The second kappa shape index (κ2) is 6.83. The van der Waals surface area contributed by atoms with Gasteiger partial charge in [-0.25, -0.2) is 0 Å². The van der Waals surface area contributed by atoms with Crippen molar-refractivity contribution in [3.8, 4) is 0 Å². The van der Waals surface area contributed by atoms with E-state index in [1.54, 1.807) is 0 Å². The van der Waals surface area contributed by atoms with Crippen LogP contribution >= 0.6 is 0 Å². The van der Waals surface area contributed by atoms with Gasteiger partial charge in [-0.15, -0.1) is 0 Å². The number of morpholine rings is 1. The lowest BCUT2D eigenvalue weighted by Crippen LogP contribution is -2.37. The van der Waals surface area contributed by atoms with Crippen LogP contribution in [0, 0.1) is 0 Å². The number of ether oxygens (including phenoxy) is 1. The molecule has 1 aromatic carbocycles. The number of rotatable bonds is 6. The van der Waals surface area contributed by atoms with Gasteiger partial charge in [-0.1, -0.05) is 18.2 Å². The topological polar surface area (TPSA) is 53.2 Å². The van der Waals surface area contributed by atoms with Gasteiger partial charge in [0.05, 0.1) is 24.4 Å². The summed E-state index contributed by atoms with van der Waals surface area (Å²) in [5, 5.41) is 12.1. The molecule has 20 heavy (non-hydrogen) atoms. The van der Waals surface area contributed by atoms with Gasteiger partial charge in [0, 0.05) is 25.0 Å². The Morgan fingerprint density at radius 1 is 1.25 bits per heavy atom. The molecule has 1 aliphatic rings. The van der Waals surface area contributed by atoms with Crippen LogP contribution in [0.4, 0.5) is 0 Å². The molecule has 5 nitrogen and oxygen atoms in total. The van der Waals surface area contributed by atoms with Crippen molar-refractivity contribution in [1.82, 2.24) is 20.4 Å². The number of H-pyrrole nitrogens is 1. The fourth-order valence-electron chi connectivity index (χ4n) is 2.61. The fraction of sp³-hybridized carbons (Fsp3) is 0.533. The molecule has 1 aromatic heterocycles. The number of fused-ring (bicyclic) bond motifs is 1. The monoisotopic (exact) mass is 274 g/mol. The number of benzene rings is 1. The third-order valence-corrected chi connectivity index (χ3v) is 3.77. The third kappa shape index (κ3) is 3.36. The SMILES string of the molecule is c1ccc2c(CNCCCN3CCOCC3)[nH]nc2c1. The summed E-state index contributed by atoms with van der Waals surface area (Å²) in [5.74, 6) is 0. The Kier molecular flexibility index (Phi) is 4.63. The molecule has 0 unspecified atom stereocenters. The Morgan fingerprint density at radius 2 is 2.10 bits per heavy atom. The van der Waals surface area contributed by atoms with Crippen LogP contribution in [0.1, 0.15) is 12.1 Å². The van der Waals surface area contributed by atoms with Crippen molar-refractivity contribution in [2.45, 2.75) is 13.0 Å². The first-order chi connectivity index (χ1) is 9.93. The van der Waals surface area contributed by atoms with Crippen molar-refractivity contribution >= 4 is 10.9 Å². The third-order valence-electron chi connectivity index (χ3n) is 3.77. The Morgan fingerprint density at radius 3 is 3.00 bits per heavy atom. The summed E-state index contributed by atoms with van der Waals surface area (Å²) in [7, 11) is 0. The maximum absolute atomic E-state index is 5.35. The molecule has 1 saturated heterocycles. The van der Waals surface area contributed by atoms with Gasteiger partial charge in [0.15, 0.2) is 0 Å². The summed E-state index contributed by atoms with van der Waals surface area (Å²) in [6.07, 6.45) is 1.17. The Hall–Kier alpha value is -1.43. The first-order valence-electron chi connectivity index (χ1n) is 7.36. The summed E-state index contributed by atoms with van der Waals surface area (Å²) in [4.78, 5) is 2.47. The van der Waals surface area contributed by atoms with E-state index >= 15 is 0 Å². The van der Waals surface area contributed by atoms with E-state index in [1.165, 1.54) is 17.5 Å². The zero-order valence-electron chi connectivity index (χ0n) is 11.8. The van der Waals surface area contributed by atoms with E-state index in [-0.39, 0.29) is 0 Å². The molecule has 0 amide bonds. The minimum Gasteiger partial charge on any atom is -0.379 e. The number of hydrogen-bond acceptors (Lipinski definition) is 4. The van der Waals surface area contributed by atoms with Crippen LogP contribution in [-0.4, -0.2) is 54.5 Å². The molecule has 1 aliphatic heterocycles. The van der Waals surface area contributed by atoms with Crippen molar-refractivity contribution in [3.05, 3.63) is 30.0 Å². The van der Waals surface area contributed by atoms with Crippen molar-refractivity contribution in [3.63, 3.8) is 0 Å². The van der Waals surface area contributed by atoms with Gasteiger partial charge in [0.25, 0.3) is 0 Å². The minimum absolute atomic E-state index is 0.851. The Bertz CT molecular complexity index is 533. The van der Waals surface area contributed by atoms with Crippen molar-refractivity contribution < 1.29 is 4.74 Å². The number of hydrogen-bond donors (Lipinski definition) is 2. The molecule has 108 valence electrons. The summed E-state index contributed by atoms with van der Waals surface area (Å²) < 4.78 is 5.35. The van der Waals surface area contributed by atoms with Gasteiger partial charge in [0.1, 0.15) is 0 Å². The minimum atomic E-state index is 0.851. The largest absolute Gasteiger partial charge is 0.379 e. The van der Waals surface area contributed by atoms with Gasteiger partial charge in [-0.2, -0.15) is 5.10 Å². The number of para-hydroxylation sites is 1. The molecular weight excluding hydrogens is 252 g/mol. The smallest absolute Gasteiger partial charge is 0.0924 e. The first-order valence-corrected chi connectivity index (χ1v) is 7.36. The predicted molar refractivity (Wildman–Crippen MR) is 79.7 cm³/mol. The highest BCUT2D eigenvalue weighted by molar-refractivity contribution is 5.81. The lowest BCUT2D eigenvalue weighted by molar-refractivity contribution is 0.0374. The molecular formula is C15H22N4O. The first kappa shape index (κ1) is 13.5. The summed E-state index contributed by atoms with van der Waals surface area (Å²) in [6.45, 7) is 6.95. The summed E-state index contributed by atoms with van der Waals surface area (Å²) >= 11 is 0. The quantitative estimate of drug-likeness (QED) is 0.781. The summed E-state index contributed by atoms with van der Waals surface area (Å²) in [6, 6.07) is 8.22. The number of aromatic nitrogens is 2. The number of aromatic amines is 1. The predicted octanol–water partition coefficient (Wildman–Crippen LogP) is 1.37. The van der Waals surface area contributed by atoms with E-state index in [0.717, 1.165) is 51.5 Å². The van der Waals surface area contributed by atoms with Crippen molar-refractivity contribution in [2.75, 3.05) is 39.4 Å².